The lowest BCUT2D eigenvalue weighted by atomic mass is 10.0. The lowest BCUT2D eigenvalue weighted by Crippen LogP contribution is -2.62. The van der Waals surface area contributed by atoms with Crippen LogP contribution in [-0.2, 0) is 4.79 Å². The average Bonchev–Trinajstić information content (AvgIpc) is 2.69. The Morgan fingerprint density at radius 1 is 1.30 bits per heavy atom. The van der Waals surface area contributed by atoms with Gasteiger partial charge in [0.05, 0.1) is 17.3 Å². The number of anilines is 1. The van der Waals surface area contributed by atoms with E-state index in [1.165, 1.54) is 30.2 Å². The molecule has 1 saturated heterocycles. The standard InChI is InChI=1S/C21H20FN5O3/c1-11(28)21(30)27-9-14(10-27)25-20(29)16-8-24-19(23)18-15(16)5-6-17(26-18)12-3-2-4-13(22)7-12/h2-8,11,14,28H,9-10H2,1H3,(H2,23,24)(H,25,29). The summed E-state index contributed by atoms with van der Waals surface area (Å²) >= 11 is 0. The zero-order valence-corrected chi connectivity index (χ0v) is 16.2. The summed E-state index contributed by atoms with van der Waals surface area (Å²) in [6.07, 6.45) is 0.318. The highest BCUT2D eigenvalue weighted by atomic mass is 19.1. The van der Waals surface area contributed by atoms with Gasteiger partial charge < -0.3 is 21.1 Å². The summed E-state index contributed by atoms with van der Waals surface area (Å²) in [4.78, 5) is 34.5. The number of carbonyl (C=O) groups excluding carboxylic acids is 2. The number of aliphatic hydroxyl groups is 1. The number of nitrogens with two attached hydrogens (primary N) is 1. The van der Waals surface area contributed by atoms with Crippen molar-refractivity contribution < 1.29 is 19.1 Å². The van der Waals surface area contributed by atoms with Gasteiger partial charge in [-0.25, -0.2) is 14.4 Å². The Kier molecular flexibility index (Phi) is 5.04. The number of nitrogens with zero attached hydrogens (tertiary/aromatic N) is 3. The van der Waals surface area contributed by atoms with Crippen LogP contribution in [0.2, 0.25) is 0 Å². The van der Waals surface area contributed by atoms with E-state index in [0.29, 0.717) is 40.8 Å². The predicted molar refractivity (Wildman–Crippen MR) is 109 cm³/mol. The molecule has 9 heteroatoms. The van der Waals surface area contributed by atoms with Crippen LogP contribution in [0.5, 0.6) is 0 Å². The molecule has 1 fully saturated rings. The summed E-state index contributed by atoms with van der Waals surface area (Å²) < 4.78 is 13.5. The lowest BCUT2D eigenvalue weighted by molar-refractivity contribution is -0.144. The maximum absolute atomic E-state index is 13.5. The molecule has 4 rings (SSSR count). The highest BCUT2D eigenvalue weighted by Gasteiger charge is 2.33. The Bertz CT molecular complexity index is 1140. The van der Waals surface area contributed by atoms with E-state index < -0.39 is 6.10 Å². The Labute approximate surface area is 171 Å². The number of pyridine rings is 2. The van der Waals surface area contributed by atoms with Gasteiger partial charge in [-0.3, -0.25) is 9.59 Å². The molecular weight excluding hydrogens is 389 g/mol. The molecule has 30 heavy (non-hydrogen) atoms. The van der Waals surface area contributed by atoms with Crippen LogP contribution in [0.4, 0.5) is 10.2 Å². The molecule has 154 valence electrons. The number of halogens is 1. The van der Waals surface area contributed by atoms with Crippen molar-refractivity contribution in [3.05, 3.63) is 54.0 Å². The number of rotatable bonds is 4. The first-order valence-electron chi connectivity index (χ1n) is 9.42. The van der Waals surface area contributed by atoms with Crippen molar-refractivity contribution in [3.8, 4) is 11.3 Å². The maximum atomic E-state index is 13.5. The molecule has 2 amide bonds. The van der Waals surface area contributed by atoms with Gasteiger partial charge in [0.1, 0.15) is 23.3 Å². The van der Waals surface area contributed by atoms with Crippen LogP contribution in [0.1, 0.15) is 17.3 Å². The zero-order chi connectivity index (χ0) is 21.4. The highest BCUT2D eigenvalue weighted by Crippen LogP contribution is 2.26. The number of likely N-dealkylation sites (tertiary alicyclic amines) is 1. The van der Waals surface area contributed by atoms with Crippen LogP contribution in [0, 0.1) is 5.82 Å². The van der Waals surface area contributed by atoms with Gasteiger partial charge in [0.15, 0.2) is 0 Å². The first-order valence-corrected chi connectivity index (χ1v) is 9.42. The third kappa shape index (κ3) is 3.67. The van der Waals surface area contributed by atoms with E-state index in [4.69, 9.17) is 5.73 Å². The Morgan fingerprint density at radius 3 is 2.77 bits per heavy atom. The van der Waals surface area contributed by atoms with Crippen LogP contribution in [-0.4, -0.2) is 57.0 Å². The molecule has 0 spiro atoms. The normalized spacial score (nSPS) is 15.0. The van der Waals surface area contributed by atoms with Crippen molar-refractivity contribution >= 4 is 28.5 Å². The largest absolute Gasteiger partial charge is 0.384 e. The smallest absolute Gasteiger partial charge is 0.253 e. The molecule has 1 unspecified atom stereocenters. The lowest BCUT2D eigenvalue weighted by Gasteiger charge is -2.40. The Balaban J connectivity index is 1.57. The van der Waals surface area contributed by atoms with E-state index in [0.717, 1.165) is 0 Å². The monoisotopic (exact) mass is 409 g/mol. The van der Waals surface area contributed by atoms with Gasteiger partial charge in [-0.15, -0.1) is 0 Å². The second-order valence-corrected chi connectivity index (χ2v) is 7.25. The van der Waals surface area contributed by atoms with Crippen molar-refractivity contribution in [1.29, 1.82) is 0 Å². The molecule has 0 aliphatic carbocycles. The second kappa shape index (κ2) is 7.68. The summed E-state index contributed by atoms with van der Waals surface area (Å²) in [7, 11) is 0. The van der Waals surface area contributed by atoms with Crippen LogP contribution in [0.25, 0.3) is 22.2 Å². The molecule has 0 radical (unpaired) electrons. The van der Waals surface area contributed by atoms with Crippen LogP contribution >= 0.6 is 0 Å². The number of aromatic nitrogens is 2. The van der Waals surface area contributed by atoms with Crippen molar-refractivity contribution in [1.82, 2.24) is 20.2 Å². The third-order valence-corrected chi connectivity index (χ3v) is 5.01. The number of hydrogen-bond donors (Lipinski definition) is 3. The van der Waals surface area contributed by atoms with Crippen molar-refractivity contribution in [3.63, 3.8) is 0 Å². The fraction of sp³-hybridized carbons (Fsp3) is 0.238. The van der Waals surface area contributed by atoms with Crippen molar-refractivity contribution in [2.75, 3.05) is 18.8 Å². The average molecular weight is 409 g/mol. The van der Waals surface area contributed by atoms with E-state index in [1.807, 2.05) is 0 Å². The SMILES string of the molecule is CC(O)C(=O)N1CC(NC(=O)c2cnc(N)c3nc(-c4cccc(F)c4)ccc23)C1. The maximum Gasteiger partial charge on any atom is 0.253 e. The number of aliphatic hydroxyl groups excluding tert-OH is 1. The molecule has 0 saturated carbocycles. The summed E-state index contributed by atoms with van der Waals surface area (Å²) in [5, 5.41) is 12.7. The van der Waals surface area contributed by atoms with E-state index in [-0.39, 0.29) is 29.5 Å². The van der Waals surface area contributed by atoms with E-state index in [2.05, 4.69) is 15.3 Å². The first kappa shape index (κ1) is 19.7. The molecule has 1 aliphatic heterocycles. The van der Waals surface area contributed by atoms with E-state index in [1.54, 1.807) is 24.3 Å². The second-order valence-electron chi connectivity index (χ2n) is 7.25. The Hall–Kier alpha value is -3.59. The molecule has 0 bridgehead atoms. The van der Waals surface area contributed by atoms with Crippen molar-refractivity contribution in [2.45, 2.75) is 19.1 Å². The van der Waals surface area contributed by atoms with Gasteiger partial charge in [-0.1, -0.05) is 12.1 Å². The van der Waals surface area contributed by atoms with E-state index in [9.17, 15) is 19.1 Å². The van der Waals surface area contributed by atoms with Gasteiger partial charge in [-0.05, 0) is 31.2 Å². The number of carbonyl (C=O) groups is 2. The number of hydrogen-bond acceptors (Lipinski definition) is 6. The quantitative estimate of drug-likeness (QED) is 0.598. The van der Waals surface area contributed by atoms with Gasteiger partial charge in [0, 0.05) is 30.2 Å². The third-order valence-electron chi connectivity index (χ3n) is 5.01. The summed E-state index contributed by atoms with van der Waals surface area (Å²) in [6, 6.07) is 9.22. The van der Waals surface area contributed by atoms with Gasteiger partial charge in [0.2, 0.25) is 0 Å². The number of nitrogens with one attached hydrogen (secondary N) is 1. The number of nitrogen functional groups attached to an aromatic ring is 1. The highest BCUT2D eigenvalue weighted by molar-refractivity contribution is 6.08. The van der Waals surface area contributed by atoms with Gasteiger partial charge in [0.25, 0.3) is 11.8 Å². The summed E-state index contributed by atoms with van der Waals surface area (Å²) in [5.74, 6) is -0.939. The number of benzene rings is 1. The van der Waals surface area contributed by atoms with Crippen LogP contribution in [0.3, 0.4) is 0 Å². The van der Waals surface area contributed by atoms with Gasteiger partial charge >= 0.3 is 0 Å². The molecule has 3 aromatic rings. The molecule has 2 aromatic heterocycles. The molecule has 3 heterocycles. The van der Waals surface area contributed by atoms with Crippen LogP contribution < -0.4 is 11.1 Å². The fourth-order valence-corrected chi connectivity index (χ4v) is 3.40. The van der Waals surface area contributed by atoms with E-state index >= 15 is 0 Å². The molecule has 1 aliphatic rings. The fourth-order valence-electron chi connectivity index (χ4n) is 3.40. The zero-order valence-electron chi connectivity index (χ0n) is 16.2. The molecule has 1 aromatic carbocycles. The van der Waals surface area contributed by atoms with Gasteiger partial charge in [-0.2, -0.15) is 0 Å². The topological polar surface area (TPSA) is 121 Å². The number of amides is 2. The van der Waals surface area contributed by atoms with Crippen LogP contribution in [0.15, 0.2) is 42.6 Å². The minimum atomic E-state index is -1.06. The molecule has 1 atom stereocenters. The molecule has 4 N–H and O–H groups in total. The van der Waals surface area contributed by atoms with Crippen molar-refractivity contribution in [2.24, 2.45) is 0 Å². The molecular formula is C21H20FN5O3. The number of fused-ring (bicyclic) bond motifs is 1. The summed E-state index contributed by atoms with van der Waals surface area (Å²) in [6.45, 7) is 2.07. The minimum absolute atomic E-state index is 0.164. The Morgan fingerprint density at radius 2 is 2.07 bits per heavy atom. The first-order chi connectivity index (χ1) is 14.3. The summed E-state index contributed by atoms with van der Waals surface area (Å²) in [5.41, 5.74) is 7.73. The molecule has 8 nitrogen and oxygen atoms in total. The predicted octanol–water partition coefficient (Wildman–Crippen LogP) is 1.34. The minimum Gasteiger partial charge on any atom is -0.384 e.